The van der Waals surface area contributed by atoms with Crippen LogP contribution in [0.3, 0.4) is 0 Å². The summed E-state index contributed by atoms with van der Waals surface area (Å²) in [7, 11) is -3.98. The zero-order valence-corrected chi connectivity index (χ0v) is 14.0. The molecular formula is C18H17NO4S. The molecule has 1 N–H and O–H groups in total. The van der Waals surface area contributed by atoms with Gasteiger partial charge in [-0.05, 0) is 61.6 Å². The maximum Gasteiger partial charge on any atom is 0.265 e. The van der Waals surface area contributed by atoms with E-state index in [1.807, 2.05) is 6.07 Å². The molecule has 5 nitrogen and oxygen atoms in total. The van der Waals surface area contributed by atoms with Crippen LogP contribution in [0.25, 0.3) is 0 Å². The number of fused-ring (bicyclic) bond motifs is 1. The molecule has 124 valence electrons. The molecule has 3 rings (SSSR count). The Labute approximate surface area is 140 Å². The van der Waals surface area contributed by atoms with E-state index >= 15 is 0 Å². The van der Waals surface area contributed by atoms with Gasteiger partial charge in [0.1, 0.15) is 0 Å². The lowest BCUT2D eigenvalue weighted by Crippen LogP contribution is -2.30. The minimum Gasteiger partial charge on any atom is -0.295 e. The smallest absolute Gasteiger partial charge is 0.265 e. The molecule has 1 aliphatic rings. The van der Waals surface area contributed by atoms with Gasteiger partial charge in [-0.25, -0.2) is 13.1 Å². The van der Waals surface area contributed by atoms with Gasteiger partial charge in [0.25, 0.3) is 15.9 Å². The first kappa shape index (κ1) is 16.4. The van der Waals surface area contributed by atoms with Crippen molar-refractivity contribution in [3.63, 3.8) is 0 Å². The minimum absolute atomic E-state index is 0.0537. The average molecular weight is 343 g/mol. The monoisotopic (exact) mass is 343 g/mol. The Bertz CT molecular complexity index is 915. The Morgan fingerprint density at radius 1 is 0.917 bits per heavy atom. The minimum atomic E-state index is -3.98. The Morgan fingerprint density at radius 3 is 2.21 bits per heavy atom. The van der Waals surface area contributed by atoms with Crippen molar-refractivity contribution in [1.82, 2.24) is 4.72 Å². The number of benzene rings is 2. The number of carbonyl (C=O) groups excluding carboxylic acids is 2. The van der Waals surface area contributed by atoms with E-state index in [1.165, 1.54) is 36.8 Å². The van der Waals surface area contributed by atoms with Crippen LogP contribution in [0, 0.1) is 0 Å². The van der Waals surface area contributed by atoms with Crippen LogP contribution in [0.1, 0.15) is 45.2 Å². The molecule has 0 atom stereocenters. The van der Waals surface area contributed by atoms with Gasteiger partial charge in [-0.1, -0.05) is 18.2 Å². The number of amides is 1. The second-order valence-electron chi connectivity index (χ2n) is 5.85. The van der Waals surface area contributed by atoms with Crippen LogP contribution in [0.15, 0.2) is 47.4 Å². The summed E-state index contributed by atoms with van der Waals surface area (Å²) < 4.78 is 26.7. The van der Waals surface area contributed by atoms with Gasteiger partial charge >= 0.3 is 0 Å². The molecule has 0 spiro atoms. The number of nitrogens with one attached hydrogen (secondary N) is 1. The van der Waals surface area contributed by atoms with Crippen LogP contribution in [0.2, 0.25) is 0 Å². The van der Waals surface area contributed by atoms with Crippen LogP contribution in [-0.4, -0.2) is 20.1 Å². The largest absolute Gasteiger partial charge is 0.295 e. The molecule has 0 heterocycles. The standard InChI is InChI=1S/C18H17NO4S/c1-12(20)13-7-9-17(10-8-13)24(22,23)19-18(21)16-6-5-14-3-2-4-15(14)11-16/h5-11H,2-4H2,1H3,(H,19,21). The summed E-state index contributed by atoms with van der Waals surface area (Å²) in [5, 5.41) is 0. The Balaban J connectivity index is 1.81. The number of sulfonamides is 1. The maximum absolute atomic E-state index is 12.3. The summed E-state index contributed by atoms with van der Waals surface area (Å²) in [6.07, 6.45) is 2.97. The fourth-order valence-corrected chi connectivity index (χ4v) is 3.80. The summed E-state index contributed by atoms with van der Waals surface area (Å²) in [5.74, 6) is -0.804. The van der Waals surface area contributed by atoms with Gasteiger partial charge in [0.15, 0.2) is 5.78 Å². The van der Waals surface area contributed by atoms with Crippen LogP contribution < -0.4 is 4.72 Å². The molecule has 0 unspecified atom stereocenters. The zero-order valence-electron chi connectivity index (χ0n) is 13.2. The van der Waals surface area contributed by atoms with Crippen LogP contribution >= 0.6 is 0 Å². The fourth-order valence-electron chi connectivity index (χ4n) is 2.82. The molecule has 0 bridgehead atoms. The van der Waals surface area contributed by atoms with E-state index in [0.29, 0.717) is 11.1 Å². The molecule has 2 aromatic carbocycles. The van der Waals surface area contributed by atoms with E-state index in [4.69, 9.17) is 0 Å². The first-order valence-electron chi connectivity index (χ1n) is 7.67. The summed E-state index contributed by atoms with van der Waals surface area (Å²) in [6, 6.07) is 10.8. The third kappa shape index (κ3) is 3.23. The number of hydrogen-bond acceptors (Lipinski definition) is 4. The second kappa shape index (κ2) is 6.20. The Hall–Kier alpha value is -2.47. The van der Waals surface area contributed by atoms with Gasteiger partial charge in [0.05, 0.1) is 4.90 Å². The normalized spacial score (nSPS) is 13.4. The molecule has 6 heteroatoms. The number of aryl methyl sites for hydroxylation is 2. The van der Waals surface area contributed by atoms with E-state index in [-0.39, 0.29) is 10.7 Å². The average Bonchev–Trinajstić information content (AvgIpc) is 3.02. The van der Waals surface area contributed by atoms with Crippen molar-refractivity contribution in [2.45, 2.75) is 31.1 Å². The fraction of sp³-hybridized carbons (Fsp3) is 0.222. The van der Waals surface area contributed by atoms with Gasteiger partial charge < -0.3 is 0 Å². The molecule has 1 aliphatic carbocycles. The lowest BCUT2D eigenvalue weighted by Gasteiger charge is -2.08. The first-order valence-corrected chi connectivity index (χ1v) is 9.15. The van der Waals surface area contributed by atoms with E-state index in [9.17, 15) is 18.0 Å². The molecular weight excluding hydrogens is 326 g/mol. The molecule has 24 heavy (non-hydrogen) atoms. The number of hydrogen-bond donors (Lipinski definition) is 1. The van der Waals surface area contributed by atoms with Crippen molar-refractivity contribution in [1.29, 1.82) is 0 Å². The summed E-state index contributed by atoms with van der Waals surface area (Å²) >= 11 is 0. The van der Waals surface area contributed by atoms with Crippen molar-refractivity contribution >= 4 is 21.7 Å². The second-order valence-corrected chi connectivity index (χ2v) is 7.53. The zero-order chi connectivity index (χ0) is 17.3. The topological polar surface area (TPSA) is 80.3 Å². The van der Waals surface area contributed by atoms with Gasteiger partial charge in [-0.2, -0.15) is 0 Å². The van der Waals surface area contributed by atoms with Crippen LogP contribution in [0.4, 0.5) is 0 Å². The highest BCUT2D eigenvalue weighted by atomic mass is 32.2. The van der Waals surface area contributed by atoms with Gasteiger partial charge in [-0.15, -0.1) is 0 Å². The lowest BCUT2D eigenvalue weighted by atomic mass is 10.1. The van der Waals surface area contributed by atoms with Crippen LogP contribution in [0.5, 0.6) is 0 Å². The third-order valence-corrected chi connectivity index (χ3v) is 5.51. The van der Waals surface area contributed by atoms with Crippen molar-refractivity contribution in [3.8, 4) is 0 Å². The van der Waals surface area contributed by atoms with E-state index in [0.717, 1.165) is 24.8 Å². The lowest BCUT2D eigenvalue weighted by molar-refractivity contribution is 0.0979. The van der Waals surface area contributed by atoms with Crippen molar-refractivity contribution in [2.75, 3.05) is 0 Å². The molecule has 0 aliphatic heterocycles. The van der Waals surface area contributed by atoms with Crippen molar-refractivity contribution in [3.05, 3.63) is 64.7 Å². The van der Waals surface area contributed by atoms with Crippen molar-refractivity contribution < 1.29 is 18.0 Å². The highest BCUT2D eigenvalue weighted by molar-refractivity contribution is 7.90. The maximum atomic E-state index is 12.3. The van der Waals surface area contributed by atoms with E-state index in [2.05, 4.69) is 4.72 Å². The molecule has 2 aromatic rings. The Kier molecular flexibility index (Phi) is 4.24. The molecule has 0 radical (unpaired) electrons. The quantitative estimate of drug-likeness (QED) is 0.865. The highest BCUT2D eigenvalue weighted by Crippen LogP contribution is 2.23. The Morgan fingerprint density at radius 2 is 1.54 bits per heavy atom. The SMILES string of the molecule is CC(=O)c1ccc(S(=O)(=O)NC(=O)c2ccc3c(c2)CCC3)cc1. The molecule has 0 saturated heterocycles. The van der Waals surface area contributed by atoms with Crippen molar-refractivity contribution in [2.24, 2.45) is 0 Å². The first-order chi connectivity index (χ1) is 11.4. The number of rotatable bonds is 4. The van der Waals surface area contributed by atoms with Gasteiger partial charge in [0, 0.05) is 11.1 Å². The van der Waals surface area contributed by atoms with Gasteiger partial charge in [0.2, 0.25) is 0 Å². The highest BCUT2D eigenvalue weighted by Gasteiger charge is 2.20. The number of ketones is 1. The van der Waals surface area contributed by atoms with E-state index < -0.39 is 15.9 Å². The van der Waals surface area contributed by atoms with Crippen LogP contribution in [-0.2, 0) is 22.9 Å². The summed E-state index contributed by atoms with van der Waals surface area (Å²) in [5.41, 5.74) is 3.07. The number of carbonyl (C=O) groups is 2. The molecule has 0 fully saturated rings. The predicted octanol–water partition coefficient (Wildman–Crippen LogP) is 2.50. The molecule has 0 saturated carbocycles. The summed E-state index contributed by atoms with van der Waals surface area (Å²) in [4.78, 5) is 23.5. The predicted molar refractivity (Wildman–Crippen MR) is 89.6 cm³/mol. The molecule has 1 amide bonds. The molecule has 0 aromatic heterocycles. The van der Waals surface area contributed by atoms with Gasteiger partial charge in [-0.3, -0.25) is 9.59 Å². The number of Topliss-reactive ketones (excluding diaryl/α,β-unsaturated/α-hetero) is 1. The summed E-state index contributed by atoms with van der Waals surface area (Å²) in [6.45, 7) is 1.40. The third-order valence-electron chi connectivity index (χ3n) is 4.16. The van der Waals surface area contributed by atoms with E-state index in [1.54, 1.807) is 12.1 Å².